The fourth-order valence-electron chi connectivity index (χ4n) is 3.19. The van der Waals surface area contributed by atoms with Gasteiger partial charge in [-0.25, -0.2) is 0 Å². The van der Waals surface area contributed by atoms with Crippen LogP contribution in [-0.4, -0.2) is 9.97 Å². The number of hydrogen-bond acceptors (Lipinski definition) is 3. The second-order valence-electron chi connectivity index (χ2n) is 7.06. The summed E-state index contributed by atoms with van der Waals surface area (Å²) in [6.07, 6.45) is 4.04. The van der Waals surface area contributed by atoms with Gasteiger partial charge >= 0.3 is 0 Å². The molecule has 0 unspecified atom stereocenters. The van der Waals surface area contributed by atoms with Gasteiger partial charge in [-0.1, -0.05) is 46.5 Å². The van der Waals surface area contributed by atoms with Gasteiger partial charge in [0.2, 0.25) is 0 Å². The van der Waals surface area contributed by atoms with Crippen LogP contribution < -0.4 is 0 Å². The minimum absolute atomic E-state index is 0. The number of thiophene rings is 1. The van der Waals surface area contributed by atoms with Crippen molar-refractivity contribution in [1.82, 2.24) is 9.97 Å². The van der Waals surface area contributed by atoms with Crippen LogP contribution in [0.2, 0.25) is 0 Å². The van der Waals surface area contributed by atoms with E-state index in [1.54, 1.807) is 6.20 Å². The molecule has 4 heteroatoms. The molecule has 0 spiro atoms. The maximum Gasteiger partial charge on any atom is 0.0639 e. The molecule has 0 atom stereocenters. The molecule has 2 nitrogen and oxygen atoms in total. The van der Waals surface area contributed by atoms with E-state index in [1.807, 2.05) is 59.9 Å². The van der Waals surface area contributed by atoms with Crippen molar-refractivity contribution in [2.24, 2.45) is 0 Å². The van der Waals surface area contributed by atoms with Crippen molar-refractivity contribution >= 4 is 31.5 Å². The summed E-state index contributed by atoms with van der Waals surface area (Å²) in [5, 5.41) is 2.69. The molecule has 0 saturated carbocycles. The zero-order valence-corrected chi connectivity index (χ0v) is 21.6. The van der Waals surface area contributed by atoms with Gasteiger partial charge in [0.25, 0.3) is 0 Å². The van der Waals surface area contributed by atoms with E-state index in [0.29, 0.717) is 0 Å². The third-order valence-corrected chi connectivity index (χ3v) is 6.06. The van der Waals surface area contributed by atoms with Crippen LogP contribution in [0, 0.1) is 25.9 Å². The second-order valence-corrected chi connectivity index (χ2v) is 8.11. The van der Waals surface area contributed by atoms with E-state index in [1.165, 1.54) is 25.7 Å². The zero-order valence-electron chi connectivity index (χ0n) is 23.4. The molecular formula is C30H24IrN2S-2. The molecule has 6 aromatic rings. The summed E-state index contributed by atoms with van der Waals surface area (Å²) in [6.45, 7) is -0.178. The van der Waals surface area contributed by atoms with Crippen LogP contribution in [0.15, 0.2) is 110 Å². The Balaban J connectivity index is 0.000000161. The van der Waals surface area contributed by atoms with Crippen LogP contribution in [0.5, 0.6) is 0 Å². The van der Waals surface area contributed by atoms with E-state index in [4.69, 9.17) is 6.85 Å². The smallest absolute Gasteiger partial charge is 0.0639 e. The van der Waals surface area contributed by atoms with Crippen molar-refractivity contribution in [3.63, 3.8) is 0 Å². The van der Waals surface area contributed by atoms with Crippen molar-refractivity contribution in [3.05, 3.63) is 133 Å². The van der Waals surface area contributed by atoms with Crippen molar-refractivity contribution in [2.75, 3.05) is 0 Å². The Bertz CT molecular complexity index is 1600. The summed E-state index contributed by atoms with van der Waals surface area (Å²) < 4.78 is 38.2. The van der Waals surface area contributed by atoms with Gasteiger partial charge < -0.3 is 4.98 Å². The number of nitrogens with zero attached hydrogens (tertiary/aromatic N) is 2. The summed E-state index contributed by atoms with van der Waals surface area (Å²) >= 11 is 1.87. The van der Waals surface area contributed by atoms with Gasteiger partial charge in [0, 0.05) is 47.5 Å². The van der Waals surface area contributed by atoms with Gasteiger partial charge in [0.15, 0.2) is 0 Å². The fourth-order valence-corrected chi connectivity index (χ4v) is 4.34. The Morgan fingerprint density at radius 2 is 1.85 bits per heavy atom. The molecule has 0 aliphatic carbocycles. The fraction of sp³-hybridized carbons (Fsp3) is 0.0667. The first kappa shape index (κ1) is 19.2. The maximum absolute atomic E-state index is 7.26. The summed E-state index contributed by atoms with van der Waals surface area (Å²) in [7, 11) is 0. The average molecular weight is 642 g/mol. The molecule has 0 amide bonds. The summed E-state index contributed by atoms with van der Waals surface area (Å²) in [6, 6.07) is 32.2. The normalized spacial score (nSPS) is 12.3. The first-order valence-electron chi connectivity index (χ1n) is 12.8. The summed E-state index contributed by atoms with van der Waals surface area (Å²) in [5.41, 5.74) is 3.20. The van der Waals surface area contributed by atoms with Crippen LogP contribution in [0.25, 0.3) is 31.4 Å². The van der Waals surface area contributed by atoms with E-state index in [9.17, 15) is 0 Å². The van der Waals surface area contributed by atoms with Crippen LogP contribution in [-0.2, 0) is 20.1 Å². The first-order chi connectivity index (χ1) is 18.3. The number of hydrogen-bond donors (Lipinski definition) is 0. The van der Waals surface area contributed by atoms with Gasteiger partial charge in [-0.3, -0.25) is 4.98 Å². The van der Waals surface area contributed by atoms with E-state index >= 15 is 0 Å². The molecule has 1 radical (unpaired) electrons. The Morgan fingerprint density at radius 1 is 0.941 bits per heavy atom. The average Bonchev–Trinajstić information content (AvgIpc) is 3.32. The number of aromatic nitrogens is 2. The van der Waals surface area contributed by atoms with E-state index in [-0.39, 0.29) is 37.8 Å². The van der Waals surface area contributed by atoms with Crippen molar-refractivity contribution in [2.45, 2.75) is 13.8 Å². The predicted octanol–water partition coefficient (Wildman–Crippen LogP) is 8.10. The van der Waals surface area contributed by atoms with Gasteiger partial charge in [-0.05, 0) is 42.7 Å². The maximum atomic E-state index is 7.26. The predicted molar refractivity (Wildman–Crippen MR) is 140 cm³/mol. The third kappa shape index (κ3) is 6.68. The molecule has 0 bridgehead atoms. The summed E-state index contributed by atoms with van der Waals surface area (Å²) in [4.78, 5) is 7.76. The van der Waals surface area contributed by atoms with Crippen LogP contribution in [0.3, 0.4) is 0 Å². The Hall–Kier alpha value is -3.17. The molecule has 171 valence electrons. The molecule has 3 heterocycles. The molecule has 3 aromatic heterocycles. The molecule has 3 aromatic carbocycles. The topological polar surface area (TPSA) is 25.8 Å². The van der Waals surface area contributed by atoms with E-state index < -0.39 is 6.85 Å². The minimum Gasteiger partial charge on any atom is -0.305 e. The largest absolute Gasteiger partial charge is 0.305 e. The zero-order chi connectivity index (χ0) is 27.1. The van der Waals surface area contributed by atoms with Gasteiger partial charge in [-0.2, -0.15) is 35.6 Å². The number of fused-ring (bicyclic) bond motifs is 3. The molecule has 0 fully saturated rings. The number of aryl methyl sites for hydroxylation is 2. The van der Waals surface area contributed by atoms with E-state index in [2.05, 4.69) is 59.4 Å². The van der Waals surface area contributed by atoms with Crippen molar-refractivity contribution < 1.29 is 27.0 Å². The molecule has 34 heavy (non-hydrogen) atoms. The minimum atomic E-state index is -2.35. The van der Waals surface area contributed by atoms with Gasteiger partial charge in [0.05, 0.1) is 2.74 Å². The Morgan fingerprint density at radius 3 is 2.62 bits per heavy atom. The molecule has 0 N–H and O–H groups in total. The van der Waals surface area contributed by atoms with Gasteiger partial charge in [-0.15, -0.1) is 41.3 Å². The van der Waals surface area contributed by atoms with Crippen LogP contribution in [0.4, 0.5) is 0 Å². The molecule has 0 saturated heterocycles. The Labute approximate surface area is 225 Å². The SMILES string of the molecule is Cc1cccc2c1sc1cc[c-]cc12.[2H]c1cncc(C([2H])([2H])[2H])c1[2H].[Ir].[c-]1ccccc1-c1ccccn1. The van der Waals surface area contributed by atoms with Crippen molar-refractivity contribution in [1.29, 1.82) is 0 Å². The van der Waals surface area contributed by atoms with Gasteiger partial charge in [0.1, 0.15) is 0 Å². The second kappa shape index (κ2) is 12.9. The molecule has 0 aliphatic rings. The molecule has 0 aliphatic heterocycles. The van der Waals surface area contributed by atoms with Crippen molar-refractivity contribution in [3.8, 4) is 11.3 Å². The number of rotatable bonds is 1. The quantitative estimate of drug-likeness (QED) is 0.170. The summed E-state index contributed by atoms with van der Waals surface area (Å²) in [5.74, 6) is 0. The number of benzene rings is 3. The van der Waals surface area contributed by atoms with E-state index in [0.717, 1.165) is 23.7 Å². The molecular weight excluding hydrogens is 613 g/mol. The Kier molecular flexibility index (Phi) is 7.28. The first-order valence-corrected chi connectivity index (χ1v) is 11.1. The number of pyridine rings is 2. The standard InChI is InChI=1S/C13H9S.C11H8N.C6H7N.Ir/c1-9-5-4-7-11-10-6-2-3-8-12(10)14-13(9)11;1-2-6-10(7-3-1)11-8-4-5-9-12-11;1-6-3-2-4-7-5-6;/h3-8H,1H3;1-6,8-9H;2-5H,1H3;/q2*-1;;/i;;1D3,2D,3D;. The monoisotopic (exact) mass is 642 g/mol. The molecule has 6 rings (SSSR count). The van der Waals surface area contributed by atoms with Crippen LogP contribution in [0.1, 0.15) is 18.0 Å². The third-order valence-electron chi connectivity index (χ3n) is 4.74. The van der Waals surface area contributed by atoms with Crippen LogP contribution >= 0.6 is 11.3 Å².